The van der Waals surface area contributed by atoms with E-state index < -0.39 is 23.7 Å². The standard InChI is InChI=1S/C33H31NO6/c1-33(2,3)40-32(37)34-28(31(35)36)18-19-38-24-9-6-8-23(20-24)21-14-16-22(17-15-21)25-11-7-12-27-26-10-4-5-13-29(26)39-30(25)27/h4-17,20,28H,18-19H2,1-3H3,(H,34,37)(H,35,36)/t28-/m0/s1. The van der Waals surface area contributed by atoms with Gasteiger partial charge in [0.2, 0.25) is 0 Å². The van der Waals surface area contributed by atoms with Gasteiger partial charge in [-0.1, -0.05) is 72.8 Å². The molecule has 7 nitrogen and oxygen atoms in total. The number of ether oxygens (including phenoxy) is 2. The normalized spacial score (nSPS) is 12.3. The predicted octanol–water partition coefficient (Wildman–Crippen LogP) is 7.67. The van der Waals surface area contributed by atoms with E-state index in [2.05, 4.69) is 47.8 Å². The van der Waals surface area contributed by atoms with E-state index >= 15 is 0 Å². The molecule has 204 valence electrons. The second-order valence-electron chi connectivity index (χ2n) is 10.6. The number of amides is 1. The zero-order chi connectivity index (χ0) is 28.3. The highest BCUT2D eigenvalue weighted by Gasteiger charge is 2.24. The Morgan fingerprint density at radius 2 is 1.55 bits per heavy atom. The van der Waals surface area contributed by atoms with Crippen LogP contribution in [-0.2, 0) is 9.53 Å². The van der Waals surface area contributed by atoms with Crippen molar-refractivity contribution >= 4 is 34.0 Å². The number of alkyl carbamates (subject to hydrolysis) is 1. The molecule has 40 heavy (non-hydrogen) atoms. The van der Waals surface area contributed by atoms with E-state index in [0.29, 0.717) is 5.75 Å². The third kappa shape index (κ3) is 6.10. The molecule has 0 bridgehead atoms. The lowest BCUT2D eigenvalue weighted by atomic mass is 9.99. The number of hydrogen-bond acceptors (Lipinski definition) is 5. The van der Waals surface area contributed by atoms with Crippen molar-refractivity contribution in [3.05, 3.63) is 91.0 Å². The molecule has 0 aliphatic carbocycles. The average molecular weight is 538 g/mol. The molecule has 0 saturated heterocycles. The zero-order valence-electron chi connectivity index (χ0n) is 22.6. The van der Waals surface area contributed by atoms with Crippen LogP contribution in [0.5, 0.6) is 5.75 Å². The van der Waals surface area contributed by atoms with E-state index in [9.17, 15) is 14.7 Å². The maximum absolute atomic E-state index is 12.0. The first-order valence-electron chi connectivity index (χ1n) is 13.1. The van der Waals surface area contributed by atoms with Crippen molar-refractivity contribution in [2.75, 3.05) is 6.61 Å². The van der Waals surface area contributed by atoms with Gasteiger partial charge in [0.25, 0.3) is 0 Å². The number of benzene rings is 4. The third-order valence-electron chi connectivity index (χ3n) is 6.43. The van der Waals surface area contributed by atoms with Crippen LogP contribution in [0, 0.1) is 0 Å². The second-order valence-corrected chi connectivity index (χ2v) is 10.6. The van der Waals surface area contributed by atoms with Crippen molar-refractivity contribution in [3.8, 4) is 28.0 Å². The average Bonchev–Trinajstić information content (AvgIpc) is 3.31. The number of furan rings is 1. The minimum absolute atomic E-state index is 0.0842. The predicted molar refractivity (Wildman–Crippen MR) is 155 cm³/mol. The Bertz CT molecular complexity index is 1660. The number of para-hydroxylation sites is 2. The van der Waals surface area contributed by atoms with Crippen LogP contribution < -0.4 is 10.1 Å². The summed E-state index contributed by atoms with van der Waals surface area (Å²) in [7, 11) is 0. The maximum Gasteiger partial charge on any atom is 0.408 e. The monoisotopic (exact) mass is 537 g/mol. The molecule has 2 N–H and O–H groups in total. The number of aliphatic carboxylic acids is 1. The van der Waals surface area contributed by atoms with Crippen LogP contribution in [0.25, 0.3) is 44.2 Å². The molecule has 5 aromatic rings. The molecule has 0 unspecified atom stereocenters. The minimum Gasteiger partial charge on any atom is -0.493 e. The van der Waals surface area contributed by atoms with E-state index in [1.807, 2.05) is 48.5 Å². The fraction of sp³-hybridized carbons (Fsp3) is 0.212. The van der Waals surface area contributed by atoms with Gasteiger partial charge in [0.1, 0.15) is 28.6 Å². The fourth-order valence-corrected chi connectivity index (χ4v) is 4.58. The molecule has 1 atom stereocenters. The highest BCUT2D eigenvalue weighted by molar-refractivity contribution is 6.09. The molecule has 1 aromatic heterocycles. The quantitative estimate of drug-likeness (QED) is 0.211. The molecule has 4 aromatic carbocycles. The van der Waals surface area contributed by atoms with Gasteiger partial charge in [0, 0.05) is 22.8 Å². The molecule has 0 aliphatic heterocycles. The van der Waals surface area contributed by atoms with Gasteiger partial charge >= 0.3 is 12.1 Å². The topological polar surface area (TPSA) is 98.0 Å². The van der Waals surface area contributed by atoms with Crippen LogP contribution in [0.3, 0.4) is 0 Å². The summed E-state index contributed by atoms with van der Waals surface area (Å²) in [4.78, 5) is 23.6. The molecule has 0 fully saturated rings. The summed E-state index contributed by atoms with van der Waals surface area (Å²) in [6.07, 6.45) is -0.692. The lowest BCUT2D eigenvalue weighted by molar-refractivity contribution is -0.139. The van der Waals surface area contributed by atoms with E-state index in [0.717, 1.165) is 44.2 Å². The third-order valence-corrected chi connectivity index (χ3v) is 6.43. The van der Waals surface area contributed by atoms with Crippen molar-refractivity contribution in [3.63, 3.8) is 0 Å². The molecule has 0 radical (unpaired) electrons. The van der Waals surface area contributed by atoms with E-state index in [4.69, 9.17) is 13.9 Å². The van der Waals surface area contributed by atoms with Crippen molar-refractivity contribution in [1.82, 2.24) is 5.32 Å². The molecule has 5 rings (SSSR count). The minimum atomic E-state index is -1.15. The van der Waals surface area contributed by atoms with Gasteiger partial charge in [-0.05, 0) is 55.7 Å². The number of nitrogens with one attached hydrogen (secondary N) is 1. The largest absolute Gasteiger partial charge is 0.493 e. The molecule has 0 saturated carbocycles. The number of hydrogen-bond donors (Lipinski definition) is 2. The van der Waals surface area contributed by atoms with Gasteiger partial charge in [0.15, 0.2) is 0 Å². The first-order chi connectivity index (χ1) is 19.2. The number of carbonyl (C=O) groups excluding carboxylic acids is 1. The lowest BCUT2D eigenvalue weighted by Gasteiger charge is -2.22. The molecule has 7 heteroatoms. The molecule has 1 amide bonds. The SMILES string of the molecule is CC(C)(C)OC(=O)N[C@@H](CCOc1cccc(-c2ccc(-c3cccc4c3oc3ccccc34)cc2)c1)C(=O)O. The molecule has 1 heterocycles. The number of rotatable bonds is 8. The number of carbonyl (C=O) groups is 2. The van der Waals surface area contributed by atoms with Crippen LogP contribution in [0.15, 0.2) is 95.4 Å². The highest BCUT2D eigenvalue weighted by atomic mass is 16.6. The second kappa shape index (κ2) is 11.1. The lowest BCUT2D eigenvalue weighted by Crippen LogP contribution is -2.44. The first-order valence-corrected chi connectivity index (χ1v) is 13.1. The van der Waals surface area contributed by atoms with E-state index in [1.54, 1.807) is 20.8 Å². The summed E-state index contributed by atoms with van der Waals surface area (Å²) in [5.74, 6) is -0.545. The molecular formula is C33H31NO6. The summed E-state index contributed by atoms with van der Waals surface area (Å²) in [6, 6.07) is 29.0. The number of fused-ring (bicyclic) bond motifs is 3. The summed E-state index contributed by atoms with van der Waals surface area (Å²) in [5, 5.41) is 14.1. The van der Waals surface area contributed by atoms with Crippen LogP contribution in [0.4, 0.5) is 4.79 Å². The van der Waals surface area contributed by atoms with Crippen LogP contribution in [0.2, 0.25) is 0 Å². The van der Waals surface area contributed by atoms with Crippen molar-refractivity contribution in [2.45, 2.75) is 38.8 Å². The van der Waals surface area contributed by atoms with Crippen LogP contribution in [-0.4, -0.2) is 35.4 Å². The van der Waals surface area contributed by atoms with Crippen LogP contribution in [0.1, 0.15) is 27.2 Å². The highest BCUT2D eigenvalue weighted by Crippen LogP contribution is 2.36. The first kappa shape index (κ1) is 26.8. The maximum atomic E-state index is 12.0. The van der Waals surface area contributed by atoms with Crippen molar-refractivity contribution in [1.29, 1.82) is 0 Å². The van der Waals surface area contributed by atoms with Gasteiger partial charge in [0.05, 0.1) is 6.61 Å². The molecule has 0 aliphatic rings. The Balaban J connectivity index is 1.27. The van der Waals surface area contributed by atoms with Gasteiger partial charge in [-0.25, -0.2) is 9.59 Å². The smallest absolute Gasteiger partial charge is 0.408 e. The fourth-order valence-electron chi connectivity index (χ4n) is 4.58. The zero-order valence-corrected chi connectivity index (χ0v) is 22.6. The Kier molecular flexibility index (Phi) is 7.47. The molecule has 0 spiro atoms. The Hall–Kier alpha value is -4.78. The Morgan fingerprint density at radius 3 is 2.30 bits per heavy atom. The number of carboxylic acid groups (broad SMARTS) is 1. The Labute approximate surface area is 232 Å². The van der Waals surface area contributed by atoms with Gasteiger partial charge < -0.3 is 24.3 Å². The van der Waals surface area contributed by atoms with Gasteiger partial charge in [-0.15, -0.1) is 0 Å². The Morgan fingerprint density at radius 1 is 0.850 bits per heavy atom. The summed E-state index contributed by atoms with van der Waals surface area (Å²) in [5.41, 5.74) is 5.08. The molecular weight excluding hydrogens is 506 g/mol. The van der Waals surface area contributed by atoms with Gasteiger partial charge in [-0.3, -0.25) is 0 Å². The van der Waals surface area contributed by atoms with E-state index in [-0.39, 0.29) is 13.0 Å². The summed E-state index contributed by atoms with van der Waals surface area (Å²) < 4.78 is 17.2. The summed E-state index contributed by atoms with van der Waals surface area (Å²) >= 11 is 0. The van der Waals surface area contributed by atoms with Crippen molar-refractivity contribution < 1.29 is 28.6 Å². The van der Waals surface area contributed by atoms with Crippen LogP contribution >= 0.6 is 0 Å². The number of carboxylic acids is 1. The summed E-state index contributed by atoms with van der Waals surface area (Å²) in [6.45, 7) is 5.25. The van der Waals surface area contributed by atoms with Gasteiger partial charge in [-0.2, -0.15) is 0 Å². The van der Waals surface area contributed by atoms with Crippen molar-refractivity contribution in [2.24, 2.45) is 0 Å². The van der Waals surface area contributed by atoms with E-state index in [1.165, 1.54) is 0 Å².